The second kappa shape index (κ2) is 7.27. The van der Waals surface area contributed by atoms with Crippen molar-refractivity contribution in [2.75, 3.05) is 6.61 Å². The van der Waals surface area contributed by atoms with Crippen molar-refractivity contribution >= 4 is 5.91 Å². The lowest BCUT2D eigenvalue weighted by Crippen LogP contribution is -2.30. The minimum Gasteiger partial charge on any atom is -0.394 e. The minimum atomic E-state index is -0.455. The number of aliphatic hydroxyl groups excluding tert-OH is 1. The number of H-pyrrole nitrogens is 1. The molecule has 2 heterocycles. The molecule has 1 atom stereocenters. The Hall–Kier alpha value is -2.99. The molecule has 0 aliphatic rings. The molecule has 128 valence electrons. The summed E-state index contributed by atoms with van der Waals surface area (Å²) in [5.74, 6) is 0.398. The molecule has 0 fully saturated rings. The number of carbonyl (C=O) groups excluding carboxylic acids is 1. The number of benzene rings is 1. The number of carbonyl (C=O) groups is 1. The van der Waals surface area contributed by atoms with E-state index < -0.39 is 6.04 Å². The zero-order valence-electron chi connectivity index (χ0n) is 14.2. The Kier molecular flexibility index (Phi) is 4.90. The number of aromatic nitrogens is 3. The van der Waals surface area contributed by atoms with Gasteiger partial charge >= 0.3 is 0 Å². The smallest absolute Gasteiger partial charge is 0.268 e. The van der Waals surface area contributed by atoms with Gasteiger partial charge in [-0.1, -0.05) is 30.3 Å². The fourth-order valence-electron chi connectivity index (χ4n) is 2.64. The third kappa shape index (κ3) is 3.75. The van der Waals surface area contributed by atoms with Crippen LogP contribution < -0.4 is 5.32 Å². The zero-order chi connectivity index (χ0) is 17.8. The molecular weight excluding hydrogens is 316 g/mol. The van der Waals surface area contributed by atoms with Gasteiger partial charge in [-0.15, -0.1) is 0 Å². The third-order valence-electron chi connectivity index (χ3n) is 3.98. The van der Waals surface area contributed by atoms with E-state index >= 15 is 0 Å². The molecule has 0 unspecified atom stereocenters. The molecule has 0 spiro atoms. The van der Waals surface area contributed by atoms with Crippen LogP contribution in [0.3, 0.4) is 0 Å². The molecule has 0 saturated heterocycles. The average Bonchev–Trinajstić information content (AvgIpc) is 3.12. The molecule has 6 nitrogen and oxygen atoms in total. The summed E-state index contributed by atoms with van der Waals surface area (Å²) in [4.78, 5) is 24.1. The number of aryl methyl sites for hydroxylation is 2. The topological polar surface area (TPSA) is 90.9 Å². The van der Waals surface area contributed by atoms with E-state index in [1.807, 2.05) is 44.2 Å². The molecule has 3 rings (SSSR count). The van der Waals surface area contributed by atoms with Gasteiger partial charge in [0.1, 0.15) is 11.5 Å². The van der Waals surface area contributed by atoms with E-state index in [2.05, 4.69) is 20.3 Å². The van der Waals surface area contributed by atoms with E-state index in [-0.39, 0.29) is 12.5 Å². The van der Waals surface area contributed by atoms with Crippen molar-refractivity contribution in [2.24, 2.45) is 0 Å². The van der Waals surface area contributed by atoms with Crippen molar-refractivity contribution in [3.8, 4) is 11.3 Å². The SMILES string of the molecule is Cc1ncc(C)c(-c2c[nH]c(C(=O)N[C@H](CO)c3ccccc3)c2)n1. The maximum absolute atomic E-state index is 12.5. The Bertz CT molecular complexity index is 874. The van der Waals surface area contributed by atoms with Gasteiger partial charge in [0.05, 0.1) is 18.3 Å². The summed E-state index contributed by atoms with van der Waals surface area (Å²) in [6.07, 6.45) is 3.52. The fourth-order valence-corrected chi connectivity index (χ4v) is 2.64. The normalized spacial score (nSPS) is 12.0. The fraction of sp³-hybridized carbons (Fsp3) is 0.211. The van der Waals surface area contributed by atoms with Crippen LogP contribution >= 0.6 is 0 Å². The van der Waals surface area contributed by atoms with Crippen molar-refractivity contribution < 1.29 is 9.90 Å². The first kappa shape index (κ1) is 16.9. The molecule has 3 N–H and O–H groups in total. The first-order valence-electron chi connectivity index (χ1n) is 8.04. The van der Waals surface area contributed by atoms with Crippen molar-refractivity contribution in [3.05, 3.63) is 71.4 Å². The molecule has 25 heavy (non-hydrogen) atoms. The number of hydrogen-bond donors (Lipinski definition) is 3. The van der Waals surface area contributed by atoms with E-state index in [0.29, 0.717) is 11.5 Å². The van der Waals surface area contributed by atoms with Gasteiger partial charge in [-0.2, -0.15) is 0 Å². The van der Waals surface area contributed by atoms with E-state index in [1.54, 1.807) is 18.5 Å². The number of aromatic amines is 1. The predicted octanol–water partition coefficient (Wildman–Crippen LogP) is 2.55. The van der Waals surface area contributed by atoms with E-state index in [4.69, 9.17) is 0 Å². The standard InChI is InChI=1S/C19H20N4O2/c1-12-9-20-13(2)22-18(12)15-8-16(21-10-15)19(25)23-17(11-24)14-6-4-3-5-7-14/h3-10,17,21,24H,11H2,1-2H3,(H,23,25)/t17-/m1/s1. The number of rotatable bonds is 5. The Morgan fingerprint density at radius 1 is 1.28 bits per heavy atom. The first-order chi connectivity index (χ1) is 12.1. The van der Waals surface area contributed by atoms with Crippen LogP contribution in [0.1, 0.15) is 33.5 Å². The minimum absolute atomic E-state index is 0.173. The molecule has 0 saturated carbocycles. The van der Waals surface area contributed by atoms with E-state index in [9.17, 15) is 9.90 Å². The maximum atomic E-state index is 12.5. The van der Waals surface area contributed by atoms with Crippen molar-refractivity contribution in [1.29, 1.82) is 0 Å². The first-order valence-corrected chi connectivity index (χ1v) is 8.04. The van der Waals surface area contributed by atoms with Crippen LogP contribution in [-0.4, -0.2) is 32.6 Å². The summed E-state index contributed by atoms with van der Waals surface area (Å²) in [5, 5.41) is 12.4. The number of amides is 1. The zero-order valence-corrected chi connectivity index (χ0v) is 14.2. The van der Waals surface area contributed by atoms with Crippen LogP contribution in [0.4, 0.5) is 0 Å². The van der Waals surface area contributed by atoms with Gasteiger partial charge in [0.15, 0.2) is 0 Å². The monoisotopic (exact) mass is 336 g/mol. The largest absolute Gasteiger partial charge is 0.394 e. The molecule has 0 aliphatic carbocycles. The second-order valence-corrected chi connectivity index (χ2v) is 5.87. The highest BCUT2D eigenvalue weighted by molar-refractivity contribution is 5.94. The quantitative estimate of drug-likeness (QED) is 0.668. The van der Waals surface area contributed by atoms with Crippen molar-refractivity contribution in [2.45, 2.75) is 19.9 Å². The molecule has 0 radical (unpaired) electrons. The van der Waals surface area contributed by atoms with Gasteiger partial charge in [-0.3, -0.25) is 4.79 Å². The van der Waals surface area contributed by atoms with Gasteiger partial charge in [-0.05, 0) is 31.0 Å². The molecule has 2 aromatic heterocycles. The maximum Gasteiger partial charge on any atom is 0.268 e. The molecule has 0 bridgehead atoms. The van der Waals surface area contributed by atoms with Crippen LogP contribution in [0.5, 0.6) is 0 Å². The van der Waals surface area contributed by atoms with Gasteiger partial charge in [0.25, 0.3) is 5.91 Å². The number of nitrogens with one attached hydrogen (secondary N) is 2. The molecule has 1 amide bonds. The average molecular weight is 336 g/mol. The summed E-state index contributed by atoms with van der Waals surface area (Å²) in [6.45, 7) is 3.58. The number of nitrogens with zero attached hydrogens (tertiary/aromatic N) is 2. The number of aliphatic hydroxyl groups is 1. The Labute approximate surface area is 146 Å². The summed E-state index contributed by atoms with van der Waals surface area (Å²) < 4.78 is 0. The lowest BCUT2D eigenvalue weighted by Gasteiger charge is -2.16. The highest BCUT2D eigenvalue weighted by Gasteiger charge is 2.17. The highest BCUT2D eigenvalue weighted by Crippen LogP contribution is 2.22. The third-order valence-corrected chi connectivity index (χ3v) is 3.98. The lowest BCUT2D eigenvalue weighted by molar-refractivity contribution is 0.0912. The van der Waals surface area contributed by atoms with Crippen molar-refractivity contribution in [1.82, 2.24) is 20.3 Å². The van der Waals surface area contributed by atoms with Crippen LogP contribution in [0.15, 0.2) is 48.8 Å². The summed E-state index contributed by atoms with van der Waals surface area (Å²) in [6, 6.07) is 10.7. The van der Waals surface area contributed by atoms with Crippen LogP contribution in [0, 0.1) is 13.8 Å². The van der Waals surface area contributed by atoms with Crippen LogP contribution in [0.2, 0.25) is 0 Å². The van der Waals surface area contributed by atoms with E-state index in [0.717, 1.165) is 22.4 Å². The van der Waals surface area contributed by atoms with Crippen molar-refractivity contribution in [3.63, 3.8) is 0 Å². The molecule has 1 aromatic carbocycles. The van der Waals surface area contributed by atoms with Gasteiger partial charge in [-0.25, -0.2) is 9.97 Å². The van der Waals surface area contributed by atoms with Crippen LogP contribution in [0.25, 0.3) is 11.3 Å². The summed E-state index contributed by atoms with van der Waals surface area (Å²) >= 11 is 0. The van der Waals surface area contributed by atoms with Gasteiger partial charge in [0, 0.05) is 18.0 Å². The molecule has 6 heteroatoms. The highest BCUT2D eigenvalue weighted by atomic mass is 16.3. The van der Waals surface area contributed by atoms with E-state index in [1.165, 1.54) is 0 Å². The Morgan fingerprint density at radius 2 is 2.04 bits per heavy atom. The second-order valence-electron chi connectivity index (χ2n) is 5.87. The number of hydrogen-bond acceptors (Lipinski definition) is 4. The molecule has 0 aliphatic heterocycles. The molecular formula is C19H20N4O2. The summed E-state index contributed by atoms with van der Waals surface area (Å²) in [5.41, 5.74) is 3.83. The van der Waals surface area contributed by atoms with Gasteiger partial charge < -0.3 is 15.4 Å². The summed E-state index contributed by atoms with van der Waals surface area (Å²) in [7, 11) is 0. The van der Waals surface area contributed by atoms with Gasteiger partial charge in [0.2, 0.25) is 0 Å². The predicted molar refractivity (Wildman–Crippen MR) is 95.0 cm³/mol. The Morgan fingerprint density at radius 3 is 2.76 bits per heavy atom. The lowest BCUT2D eigenvalue weighted by atomic mass is 10.1. The van der Waals surface area contributed by atoms with Crippen LogP contribution in [-0.2, 0) is 0 Å². The molecule has 3 aromatic rings. The Balaban J connectivity index is 1.80.